The molecule has 6 nitrogen and oxygen atoms in total. The van der Waals surface area contributed by atoms with Crippen LogP contribution < -0.4 is 10.1 Å². The number of ether oxygens (including phenoxy) is 1. The highest BCUT2D eigenvalue weighted by Gasteiger charge is 2.32. The lowest BCUT2D eigenvalue weighted by atomic mass is 10.2. The molecule has 0 aliphatic rings. The summed E-state index contributed by atoms with van der Waals surface area (Å²) >= 11 is 5.86. The monoisotopic (exact) mass is 419 g/mol. The van der Waals surface area contributed by atoms with Gasteiger partial charge in [-0.1, -0.05) is 17.7 Å². The maximum absolute atomic E-state index is 13.1. The average molecular weight is 420 g/mol. The van der Waals surface area contributed by atoms with Gasteiger partial charge in [-0.25, -0.2) is 8.42 Å². The van der Waals surface area contributed by atoms with Crippen molar-refractivity contribution in [2.24, 2.45) is 0 Å². The van der Waals surface area contributed by atoms with E-state index in [1.54, 1.807) is 36.4 Å². The average Bonchev–Trinajstić information content (AvgIpc) is 3.22. The topological polar surface area (TPSA) is 85.6 Å². The van der Waals surface area contributed by atoms with Crippen LogP contribution in [0.25, 0.3) is 0 Å². The van der Waals surface area contributed by atoms with Crippen LogP contribution in [0.2, 0.25) is 5.02 Å². The Morgan fingerprint density at radius 1 is 1.14 bits per heavy atom. The Morgan fingerprint density at radius 3 is 2.54 bits per heavy atom. The van der Waals surface area contributed by atoms with E-state index >= 15 is 0 Å². The third-order valence-corrected chi connectivity index (χ3v) is 6.49. The Morgan fingerprint density at radius 2 is 1.89 bits per heavy atom. The zero-order valence-corrected chi connectivity index (χ0v) is 16.5. The lowest BCUT2D eigenvalue weighted by Gasteiger charge is -2.17. The number of carbonyl (C=O) groups excluding carboxylic acids is 1. The summed E-state index contributed by atoms with van der Waals surface area (Å²) in [4.78, 5) is 12.6. The molecule has 2 aromatic carbocycles. The maximum atomic E-state index is 13.1. The van der Waals surface area contributed by atoms with Gasteiger partial charge in [0, 0.05) is 17.1 Å². The van der Waals surface area contributed by atoms with E-state index in [-0.39, 0.29) is 17.2 Å². The van der Waals surface area contributed by atoms with E-state index < -0.39 is 21.0 Å². The molecule has 146 valence electrons. The van der Waals surface area contributed by atoms with Crippen LogP contribution in [0.5, 0.6) is 5.75 Å². The minimum atomic E-state index is -3.82. The van der Waals surface area contributed by atoms with Crippen LogP contribution in [0.1, 0.15) is 21.4 Å². The van der Waals surface area contributed by atoms with Gasteiger partial charge in [-0.2, -0.15) is 0 Å². The van der Waals surface area contributed by atoms with Crippen LogP contribution in [-0.2, 0) is 9.84 Å². The summed E-state index contributed by atoms with van der Waals surface area (Å²) in [5.74, 6) is 0.353. The van der Waals surface area contributed by atoms with Crippen LogP contribution in [-0.4, -0.2) is 28.0 Å². The Kier molecular flexibility index (Phi) is 6.06. The van der Waals surface area contributed by atoms with E-state index in [1.165, 1.54) is 37.6 Å². The highest BCUT2D eigenvalue weighted by molar-refractivity contribution is 7.91. The van der Waals surface area contributed by atoms with Crippen LogP contribution >= 0.6 is 11.6 Å². The fraction of sp³-hybridized carbons (Fsp3) is 0.150. The molecule has 8 heteroatoms. The lowest BCUT2D eigenvalue weighted by Crippen LogP contribution is -2.31. The van der Waals surface area contributed by atoms with Gasteiger partial charge >= 0.3 is 0 Å². The smallest absolute Gasteiger partial charge is 0.251 e. The van der Waals surface area contributed by atoms with Gasteiger partial charge in [-0.05, 0) is 54.6 Å². The van der Waals surface area contributed by atoms with Crippen molar-refractivity contribution in [2.45, 2.75) is 10.1 Å². The van der Waals surface area contributed by atoms with Gasteiger partial charge in [-0.3, -0.25) is 4.79 Å². The summed E-state index contributed by atoms with van der Waals surface area (Å²) in [6.45, 7) is -0.158. The fourth-order valence-corrected chi connectivity index (χ4v) is 4.39. The zero-order valence-electron chi connectivity index (χ0n) is 15.0. The minimum absolute atomic E-state index is 0.0916. The number of furan rings is 1. The number of hydrogen-bond donors (Lipinski definition) is 1. The molecule has 0 bridgehead atoms. The number of halogens is 1. The van der Waals surface area contributed by atoms with E-state index in [0.29, 0.717) is 16.3 Å². The summed E-state index contributed by atoms with van der Waals surface area (Å²) in [6.07, 6.45) is 1.39. The van der Waals surface area contributed by atoms with Crippen molar-refractivity contribution in [3.05, 3.63) is 83.3 Å². The Bertz CT molecular complexity index is 1050. The zero-order chi connectivity index (χ0) is 20.1. The summed E-state index contributed by atoms with van der Waals surface area (Å²) in [5, 5.41) is 2.01. The molecule has 0 unspecified atom stereocenters. The van der Waals surface area contributed by atoms with Gasteiger partial charge in [0.2, 0.25) is 0 Å². The van der Waals surface area contributed by atoms with Crippen LogP contribution in [0.4, 0.5) is 0 Å². The normalized spacial score (nSPS) is 12.4. The number of sulfone groups is 1. The predicted octanol–water partition coefficient (Wildman–Crippen LogP) is 3.89. The second kappa shape index (κ2) is 8.50. The quantitative estimate of drug-likeness (QED) is 0.628. The first-order valence-electron chi connectivity index (χ1n) is 8.37. The van der Waals surface area contributed by atoms with E-state index in [0.717, 1.165) is 0 Å². The predicted molar refractivity (Wildman–Crippen MR) is 105 cm³/mol. The number of benzene rings is 2. The van der Waals surface area contributed by atoms with Gasteiger partial charge in [0.15, 0.2) is 9.84 Å². The molecular formula is C20H18ClNO5S. The molecule has 3 rings (SSSR count). The van der Waals surface area contributed by atoms with Gasteiger partial charge in [0.25, 0.3) is 5.91 Å². The van der Waals surface area contributed by atoms with Crippen molar-refractivity contribution in [1.82, 2.24) is 5.32 Å². The van der Waals surface area contributed by atoms with Crippen molar-refractivity contribution in [2.75, 3.05) is 13.7 Å². The van der Waals surface area contributed by atoms with Crippen molar-refractivity contribution < 1.29 is 22.4 Å². The van der Waals surface area contributed by atoms with Crippen LogP contribution in [0, 0.1) is 0 Å². The molecule has 1 atom stereocenters. The van der Waals surface area contributed by atoms with E-state index in [4.69, 9.17) is 20.8 Å². The number of carbonyl (C=O) groups is 1. The number of rotatable bonds is 7. The van der Waals surface area contributed by atoms with Gasteiger partial charge < -0.3 is 14.5 Å². The largest absolute Gasteiger partial charge is 0.497 e. The third-order valence-electron chi connectivity index (χ3n) is 4.16. The number of methoxy groups -OCH3 is 1. The van der Waals surface area contributed by atoms with Crippen molar-refractivity contribution in [1.29, 1.82) is 0 Å². The molecule has 0 saturated carbocycles. The van der Waals surface area contributed by atoms with Crippen LogP contribution in [0.3, 0.4) is 0 Å². The molecule has 0 radical (unpaired) electrons. The summed E-state index contributed by atoms with van der Waals surface area (Å²) in [7, 11) is -2.32. The molecule has 1 heterocycles. The molecule has 0 spiro atoms. The Labute approximate surface area is 168 Å². The number of hydrogen-bond acceptors (Lipinski definition) is 5. The molecule has 0 saturated heterocycles. The van der Waals surface area contributed by atoms with E-state index in [9.17, 15) is 13.2 Å². The molecule has 0 aliphatic heterocycles. The van der Waals surface area contributed by atoms with Gasteiger partial charge in [0.1, 0.15) is 16.8 Å². The molecule has 0 fully saturated rings. The SMILES string of the molecule is COc1cccc(C(=O)NC[C@H](c2ccco2)S(=O)(=O)c2ccc(Cl)cc2)c1. The highest BCUT2D eigenvalue weighted by Crippen LogP contribution is 2.29. The molecule has 0 aliphatic carbocycles. The lowest BCUT2D eigenvalue weighted by molar-refractivity contribution is 0.0953. The molecular weight excluding hydrogens is 402 g/mol. The number of amides is 1. The van der Waals surface area contributed by atoms with E-state index in [2.05, 4.69) is 5.32 Å². The fourth-order valence-electron chi connectivity index (χ4n) is 2.68. The van der Waals surface area contributed by atoms with Gasteiger partial charge in [-0.15, -0.1) is 0 Å². The molecule has 1 N–H and O–H groups in total. The maximum Gasteiger partial charge on any atom is 0.251 e. The molecule has 1 aromatic heterocycles. The summed E-state index contributed by atoms with van der Waals surface area (Å²) in [6, 6.07) is 15.6. The van der Waals surface area contributed by atoms with Gasteiger partial charge in [0.05, 0.1) is 18.3 Å². The first kappa shape index (κ1) is 20.0. The van der Waals surface area contributed by atoms with Crippen molar-refractivity contribution >= 4 is 27.3 Å². The second-order valence-corrected chi connectivity index (χ2v) is 8.51. The van der Waals surface area contributed by atoms with E-state index in [1.807, 2.05) is 0 Å². The molecule has 3 aromatic rings. The Balaban J connectivity index is 1.85. The molecule has 28 heavy (non-hydrogen) atoms. The summed E-state index contributed by atoms with van der Waals surface area (Å²) < 4.78 is 36.7. The first-order valence-corrected chi connectivity index (χ1v) is 10.3. The van der Waals surface area contributed by atoms with Crippen molar-refractivity contribution in [3.8, 4) is 5.75 Å². The standard InChI is InChI=1S/C20H18ClNO5S/c1-26-16-5-2-4-14(12-16)20(23)22-13-19(18-6-3-11-27-18)28(24,25)17-9-7-15(21)8-10-17/h2-12,19H,13H2,1H3,(H,22,23)/t19-/m1/s1. The highest BCUT2D eigenvalue weighted by atomic mass is 35.5. The molecule has 1 amide bonds. The minimum Gasteiger partial charge on any atom is -0.497 e. The summed E-state index contributed by atoms with van der Waals surface area (Å²) in [5.41, 5.74) is 0.362. The first-order chi connectivity index (χ1) is 13.4. The van der Waals surface area contributed by atoms with Crippen LogP contribution in [0.15, 0.2) is 76.2 Å². The Hall–Kier alpha value is -2.77. The van der Waals surface area contributed by atoms with Crippen molar-refractivity contribution in [3.63, 3.8) is 0 Å². The third kappa shape index (κ3) is 4.37. The second-order valence-electron chi connectivity index (χ2n) is 5.94. The number of nitrogens with one attached hydrogen (secondary N) is 1.